The summed E-state index contributed by atoms with van der Waals surface area (Å²) in [4.78, 5) is 2.38. The highest BCUT2D eigenvalue weighted by atomic mass is 16.5. The second-order valence-corrected chi connectivity index (χ2v) is 9.11. The van der Waals surface area contributed by atoms with Gasteiger partial charge in [0, 0.05) is 40.9 Å². The smallest absolute Gasteiger partial charge is 0.233 e. The Morgan fingerprint density at radius 3 is 2.55 bits per heavy atom. The monoisotopic (exact) mass is 421 g/mol. The molecule has 4 rings (SSSR count). The topological polar surface area (TPSA) is 87.2 Å². The summed E-state index contributed by atoms with van der Waals surface area (Å²) in [6.07, 6.45) is 1.06. The molecule has 31 heavy (non-hydrogen) atoms. The van der Waals surface area contributed by atoms with Gasteiger partial charge in [0.2, 0.25) is 5.88 Å². The van der Waals surface area contributed by atoms with Gasteiger partial charge < -0.3 is 14.7 Å². The molecule has 0 amide bonds. The molecule has 1 aliphatic heterocycles. The Kier molecular flexibility index (Phi) is 5.47. The quantitative estimate of drug-likeness (QED) is 0.651. The number of H-pyrrole nitrogens is 1. The number of piperidine rings is 1. The summed E-state index contributed by atoms with van der Waals surface area (Å²) in [5, 5.41) is 26.4. The van der Waals surface area contributed by atoms with Crippen LogP contribution in [-0.4, -0.2) is 55.6 Å². The molecule has 2 atom stereocenters. The molecule has 3 aromatic rings. The third kappa shape index (κ3) is 3.90. The first-order chi connectivity index (χ1) is 14.7. The molecule has 2 aromatic heterocycles. The lowest BCUT2D eigenvalue weighted by Crippen LogP contribution is -2.56. The molecule has 0 aliphatic carbocycles. The van der Waals surface area contributed by atoms with Crippen molar-refractivity contribution in [3.63, 3.8) is 0 Å². The van der Waals surface area contributed by atoms with E-state index in [1.807, 2.05) is 38.1 Å². The van der Waals surface area contributed by atoms with E-state index in [1.54, 1.807) is 6.07 Å². The summed E-state index contributed by atoms with van der Waals surface area (Å²) in [7, 11) is 2.16. The minimum absolute atomic E-state index is 0.0650. The molecule has 1 aliphatic rings. The number of benzene rings is 1. The lowest BCUT2D eigenvalue weighted by atomic mass is 9.79. The fourth-order valence-electron chi connectivity index (χ4n) is 4.38. The fraction of sp³-hybridized carbons (Fsp3) is 0.458. The summed E-state index contributed by atoms with van der Waals surface area (Å²) in [5.74, 6) is 1.03. The maximum Gasteiger partial charge on any atom is 0.233 e. The van der Waals surface area contributed by atoms with Gasteiger partial charge in [-0.15, -0.1) is 10.2 Å². The average molecular weight is 422 g/mol. The number of nitrogens with zero attached hydrogens (tertiary/aromatic N) is 4. The first-order valence-electron chi connectivity index (χ1n) is 10.8. The molecule has 0 spiro atoms. The highest BCUT2D eigenvalue weighted by Crippen LogP contribution is 2.36. The Bertz CT molecular complexity index is 1050. The molecule has 3 heterocycles. The molecule has 0 bridgehead atoms. The minimum atomic E-state index is 0.0650. The van der Waals surface area contributed by atoms with Gasteiger partial charge in [-0.1, -0.05) is 13.0 Å². The van der Waals surface area contributed by atoms with Crippen LogP contribution in [0, 0.1) is 19.8 Å². The van der Waals surface area contributed by atoms with Gasteiger partial charge in [-0.25, -0.2) is 0 Å². The van der Waals surface area contributed by atoms with E-state index in [9.17, 15) is 5.11 Å². The predicted molar refractivity (Wildman–Crippen MR) is 121 cm³/mol. The van der Waals surface area contributed by atoms with E-state index in [4.69, 9.17) is 4.74 Å². The number of phenolic OH excluding ortho intramolecular Hbond substituents is 1. The number of ether oxygens (including phenoxy) is 1. The number of nitrogens with one attached hydrogen (secondary N) is 1. The normalized spacial score (nSPS) is 21.2. The van der Waals surface area contributed by atoms with Crippen molar-refractivity contribution in [3.05, 3.63) is 41.7 Å². The second kappa shape index (κ2) is 7.96. The van der Waals surface area contributed by atoms with Gasteiger partial charge in [-0.05, 0) is 64.9 Å². The van der Waals surface area contributed by atoms with Crippen molar-refractivity contribution in [3.8, 4) is 34.0 Å². The first-order valence-corrected chi connectivity index (χ1v) is 10.8. The number of aromatic hydroxyl groups is 1. The van der Waals surface area contributed by atoms with Crippen molar-refractivity contribution in [1.82, 2.24) is 25.3 Å². The number of rotatable bonds is 4. The molecular weight excluding hydrogens is 390 g/mol. The van der Waals surface area contributed by atoms with E-state index in [0.717, 1.165) is 35.5 Å². The molecule has 1 saturated heterocycles. The molecule has 0 radical (unpaired) electrons. The summed E-state index contributed by atoms with van der Waals surface area (Å²) in [5.41, 5.74) is 5.09. The molecule has 7 nitrogen and oxygen atoms in total. The molecule has 2 N–H and O–H groups in total. The zero-order chi connectivity index (χ0) is 22.3. The third-order valence-corrected chi connectivity index (χ3v) is 7.01. The van der Waals surface area contributed by atoms with Crippen LogP contribution in [0.25, 0.3) is 22.4 Å². The van der Waals surface area contributed by atoms with E-state index in [1.165, 1.54) is 0 Å². The molecule has 1 fully saturated rings. The predicted octanol–water partition coefficient (Wildman–Crippen LogP) is 4.35. The SMILES string of the molecule is Cc1n[nH]c(C)c1-c1ccc(-c2ccc(OC3CCN(C)C(C)(C)C3C)nn2)c(O)c1. The van der Waals surface area contributed by atoms with Crippen LogP contribution >= 0.6 is 0 Å². The highest BCUT2D eigenvalue weighted by Gasteiger charge is 2.40. The number of likely N-dealkylation sites (tertiary alicyclic amines) is 1. The van der Waals surface area contributed by atoms with E-state index < -0.39 is 0 Å². The van der Waals surface area contributed by atoms with Crippen LogP contribution in [0.1, 0.15) is 38.6 Å². The maximum atomic E-state index is 10.6. The number of aromatic nitrogens is 4. The van der Waals surface area contributed by atoms with Crippen LogP contribution in [0.4, 0.5) is 0 Å². The van der Waals surface area contributed by atoms with Gasteiger partial charge in [-0.3, -0.25) is 5.10 Å². The fourth-order valence-corrected chi connectivity index (χ4v) is 4.38. The number of hydrogen-bond donors (Lipinski definition) is 2. The standard InChI is InChI=1S/C24H31N5O2/c1-14-21(11-12-29(6)24(14,4)5)31-22-10-9-19(27-28-22)18-8-7-17(13-20(18)30)23-15(2)25-26-16(23)3/h7-10,13-14,21,30H,11-12H2,1-6H3,(H,25,26). The highest BCUT2D eigenvalue weighted by molar-refractivity contribution is 5.76. The van der Waals surface area contributed by atoms with Gasteiger partial charge in [0.05, 0.1) is 11.4 Å². The molecule has 164 valence electrons. The van der Waals surface area contributed by atoms with E-state index in [-0.39, 0.29) is 17.4 Å². The number of aromatic amines is 1. The number of hydrogen-bond acceptors (Lipinski definition) is 6. The zero-order valence-electron chi connectivity index (χ0n) is 19.1. The van der Waals surface area contributed by atoms with Gasteiger partial charge >= 0.3 is 0 Å². The van der Waals surface area contributed by atoms with Gasteiger partial charge in [0.1, 0.15) is 11.9 Å². The van der Waals surface area contributed by atoms with Gasteiger partial charge in [0.25, 0.3) is 0 Å². The van der Waals surface area contributed by atoms with Crippen LogP contribution in [0.2, 0.25) is 0 Å². The van der Waals surface area contributed by atoms with Crippen molar-refractivity contribution in [2.24, 2.45) is 5.92 Å². The Morgan fingerprint density at radius 2 is 1.94 bits per heavy atom. The van der Waals surface area contributed by atoms with Gasteiger partial charge in [-0.2, -0.15) is 5.10 Å². The van der Waals surface area contributed by atoms with Crippen molar-refractivity contribution in [1.29, 1.82) is 0 Å². The number of phenols is 1. The third-order valence-electron chi connectivity index (χ3n) is 7.01. The molecule has 2 unspecified atom stereocenters. The Labute approximate surface area is 183 Å². The van der Waals surface area contributed by atoms with E-state index in [2.05, 4.69) is 53.1 Å². The second-order valence-electron chi connectivity index (χ2n) is 9.11. The van der Waals surface area contributed by atoms with Crippen molar-refractivity contribution < 1.29 is 9.84 Å². The summed E-state index contributed by atoms with van der Waals surface area (Å²) in [6, 6.07) is 9.25. The zero-order valence-corrected chi connectivity index (χ0v) is 19.1. The molecule has 0 saturated carbocycles. The van der Waals surface area contributed by atoms with E-state index >= 15 is 0 Å². The van der Waals surface area contributed by atoms with Crippen molar-refractivity contribution in [2.45, 2.75) is 52.7 Å². The summed E-state index contributed by atoms with van der Waals surface area (Å²) in [6.45, 7) is 11.6. The number of aryl methyl sites for hydroxylation is 2. The largest absolute Gasteiger partial charge is 0.507 e. The molecule has 1 aromatic carbocycles. The Balaban J connectivity index is 1.52. The molecular formula is C24H31N5O2. The van der Waals surface area contributed by atoms with Crippen molar-refractivity contribution in [2.75, 3.05) is 13.6 Å². The van der Waals surface area contributed by atoms with E-state index in [0.29, 0.717) is 23.1 Å². The molecule has 7 heteroatoms. The van der Waals surface area contributed by atoms with Crippen LogP contribution in [-0.2, 0) is 0 Å². The summed E-state index contributed by atoms with van der Waals surface area (Å²) < 4.78 is 6.19. The lowest BCUT2D eigenvalue weighted by Gasteiger charge is -2.48. The van der Waals surface area contributed by atoms with Crippen LogP contribution in [0.5, 0.6) is 11.6 Å². The van der Waals surface area contributed by atoms with Crippen LogP contribution < -0.4 is 4.74 Å². The minimum Gasteiger partial charge on any atom is -0.507 e. The maximum absolute atomic E-state index is 10.6. The lowest BCUT2D eigenvalue weighted by molar-refractivity contribution is -0.0301. The Hall–Kier alpha value is -2.93. The van der Waals surface area contributed by atoms with Crippen LogP contribution in [0.15, 0.2) is 30.3 Å². The van der Waals surface area contributed by atoms with Crippen LogP contribution in [0.3, 0.4) is 0 Å². The average Bonchev–Trinajstić information content (AvgIpc) is 3.07. The van der Waals surface area contributed by atoms with Crippen molar-refractivity contribution >= 4 is 0 Å². The first kappa shape index (κ1) is 21.3. The van der Waals surface area contributed by atoms with Gasteiger partial charge in [0.15, 0.2) is 0 Å². The Morgan fingerprint density at radius 1 is 1.16 bits per heavy atom. The summed E-state index contributed by atoms with van der Waals surface area (Å²) >= 11 is 0.